The van der Waals surface area contributed by atoms with Crippen molar-refractivity contribution in [2.24, 2.45) is 0 Å². The quantitative estimate of drug-likeness (QED) is 0.502. The van der Waals surface area contributed by atoms with Gasteiger partial charge in [-0.1, -0.05) is 91.0 Å². The number of hydrogen-bond acceptors (Lipinski definition) is 3. The van der Waals surface area contributed by atoms with Crippen molar-refractivity contribution in [3.63, 3.8) is 0 Å². The summed E-state index contributed by atoms with van der Waals surface area (Å²) in [5.41, 5.74) is 3.23. The van der Waals surface area contributed by atoms with Crippen molar-refractivity contribution in [1.82, 2.24) is 4.90 Å². The molecule has 0 amide bonds. The molecule has 4 rings (SSSR count). The predicted molar refractivity (Wildman–Crippen MR) is 117 cm³/mol. The number of benzene rings is 3. The van der Waals surface area contributed by atoms with Crippen LogP contribution in [-0.2, 0) is 10.3 Å². The molecule has 30 heavy (non-hydrogen) atoms. The third-order valence-electron chi connectivity index (χ3n) is 5.83. The minimum atomic E-state index is -1.03. The third kappa shape index (κ3) is 3.67. The van der Waals surface area contributed by atoms with Gasteiger partial charge in [-0.05, 0) is 28.7 Å². The molecule has 0 aromatic heterocycles. The van der Waals surface area contributed by atoms with Gasteiger partial charge in [-0.3, -0.25) is 4.90 Å². The maximum atomic E-state index is 11.4. The fourth-order valence-corrected chi connectivity index (χ4v) is 4.54. The molecule has 1 heterocycles. The average Bonchev–Trinajstić information content (AvgIpc) is 2.78. The number of piperidine rings is 1. The number of rotatable bonds is 5. The van der Waals surface area contributed by atoms with E-state index < -0.39 is 17.6 Å². The van der Waals surface area contributed by atoms with Gasteiger partial charge in [-0.2, -0.15) is 0 Å². The number of carboxylic acid groups (broad SMARTS) is 1. The topological polar surface area (TPSA) is 60.8 Å². The molecule has 2 N–H and O–H groups in total. The molecule has 0 spiro atoms. The smallest absolute Gasteiger partial charge is 0.328 e. The first-order chi connectivity index (χ1) is 14.6. The van der Waals surface area contributed by atoms with Crippen molar-refractivity contribution in [2.75, 3.05) is 13.1 Å². The molecule has 1 saturated heterocycles. The molecule has 0 saturated carbocycles. The normalized spacial score (nSPS) is 19.0. The number of aliphatic hydroxyl groups is 1. The number of carbonyl (C=O) groups is 1. The fraction of sp³-hybridized carbons (Fsp3) is 0.192. The lowest BCUT2D eigenvalue weighted by atomic mass is 9.74. The fourth-order valence-electron chi connectivity index (χ4n) is 4.54. The Hall–Kier alpha value is -3.21. The highest BCUT2D eigenvalue weighted by Crippen LogP contribution is 2.44. The zero-order chi connectivity index (χ0) is 21.0. The molecule has 152 valence electrons. The van der Waals surface area contributed by atoms with Gasteiger partial charge in [-0.15, -0.1) is 0 Å². The summed E-state index contributed by atoms with van der Waals surface area (Å²) in [6.45, 7) is 1.00. The summed E-state index contributed by atoms with van der Waals surface area (Å²) in [5.74, 6) is -1.03. The number of carboxylic acids is 1. The molecule has 1 fully saturated rings. The molecule has 1 unspecified atom stereocenters. The first-order valence-corrected chi connectivity index (χ1v) is 10.2. The highest BCUT2D eigenvalue weighted by Gasteiger charge is 2.44. The molecule has 1 aliphatic heterocycles. The van der Waals surface area contributed by atoms with Gasteiger partial charge in [0.25, 0.3) is 0 Å². The van der Waals surface area contributed by atoms with E-state index in [-0.39, 0.29) is 0 Å². The van der Waals surface area contributed by atoms with E-state index in [1.54, 1.807) is 0 Å². The van der Waals surface area contributed by atoms with E-state index in [1.165, 1.54) is 0 Å². The Balaban J connectivity index is 1.97. The van der Waals surface area contributed by atoms with Crippen molar-refractivity contribution in [2.45, 2.75) is 18.1 Å². The molecular formula is C26H25NO3. The SMILES string of the molecule is O=C(O)/C=C1\CN(C(c2ccccc2)(c2ccccc2)c2ccccc2)CCC1O. The van der Waals surface area contributed by atoms with Crippen LogP contribution in [0.3, 0.4) is 0 Å². The Bertz CT molecular complexity index is 919. The van der Waals surface area contributed by atoms with Crippen molar-refractivity contribution in [3.8, 4) is 0 Å². The summed E-state index contributed by atoms with van der Waals surface area (Å²) >= 11 is 0. The summed E-state index contributed by atoms with van der Waals surface area (Å²) < 4.78 is 0. The second-order valence-corrected chi connectivity index (χ2v) is 7.59. The van der Waals surface area contributed by atoms with Crippen LogP contribution in [0.2, 0.25) is 0 Å². The van der Waals surface area contributed by atoms with Crippen LogP contribution >= 0.6 is 0 Å². The number of aliphatic carboxylic acids is 1. The molecule has 0 bridgehead atoms. The second kappa shape index (κ2) is 8.66. The van der Waals surface area contributed by atoms with Crippen molar-refractivity contribution in [1.29, 1.82) is 0 Å². The lowest BCUT2D eigenvalue weighted by Gasteiger charge is -2.48. The maximum absolute atomic E-state index is 11.4. The monoisotopic (exact) mass is 399 g/mol. The summed E-state index contributed by atoms with van der Waals surface area (Å²) in [7, 11) is 0. The minimum absolute atomic E-state index is 0.367. The summed E-state index contributed by atoms with van der Waals surface area (Å²) in [6, 6.07) is 30.9. The molecule has 4 heteroatoms. The Morgan fingerprint density at radius 2 is 1.27 bits per heavy atom. The molecule has 1 aliphatic rings. The molecule has 0 radical (unpaired) electrons. The van der Waals surface area contributed by atoms with Crippen LogP contribution in [0.1, 0.15) is 23.1 Å². The van der Waals surface area contributed by atoms with E-state index in [2.05, 4.69) is 41.3 Å². The van der Waals surface area contributed by atoms with Crippen LogP contribution in [-0.4, -0.2) is 40.3 Å². The van der Waals surface area contributed by atoms with Crippen LogP contribution < -0.4 is 0 Å². The standard InChI is InChI=1S/C26H25NO3/c28-24-16-17-27(19-20(24)18-25(29)30)26(21-10-4-1-5-11-21,22-12-6-2-7-13-22)23-14-8-3-9-15-23/h1-15,18,24,28H,16-17,19H2,(H,29,30)/b20-18+. The van der Waals surface area contributed by atoms with Gasteiger partial charge < -0.3 is 10.2 Å². The van der Waals surface area contributed by atoms with Gasteiger partial charge in [0.1, 0.15) is 0 Å². The largest absolute Gasteiger partial charge is 0.478 e. The first kappa shape index (κ1) is 20.1. The van der Waals surface area contributed by atoms with Crippen LogP contribution in [0.4, 0.5) is 0 Å². The molecule has 3 aromatic rings. The van der Waals surface area contributed by atoms with E-state index in [4.69, 9.17) is 0 Å². The van der Waals surface area contributed by atoms with Gasteiger partial charge in [0.2, 0.25) is 0 Å². The number of aliphatic hydroxyl groups excluding tert-OH is 1. The van der Waals surface area contributed by atoms with Crippen molar-refractivity contribution < 1.29 is 15.0 Å². The molecule has 4 nitrogen and oxygen atoms in total. The summed E-state index contributed by atoms with van der Waals surface area (Å²) in [6.07, 6.45) is 0.896. The Kier molecular flexibility index (Phi) is 5.79. The third-order valence-corrected chi connectivity index (χ3v) is 5.83. The second-order valence-electron chi connectivity index (χ2n) is 7.59. The van der Waals surface area contributed by atoms with Gasteiger partial charge >= 0.3 is 5.97 Å². The molecule has 3 aromatic carbocycles. The maximum Gasteiger partial charge on any atom is 0.328 e. The van der Waals surface area contributed by atoms with Gasteiger partial charge in [0.15, 0.2) is 0 Å². The highest BCUT2D eigenvalue weighted by atomic mass is 16.4. The van der Waals surface area contributed by atoms with Crippen LogP contribution in [0.15, 0.2) is 103 Å². The predicted octanol–water partition coefficient (Wildman–Crippen LogP) is 4.06. The molecular weight excluding hydrogens is 374 g/mol. The Morgan fingerprint density at radius 1 is 0.833 bits per heavy atom. The Labute approximate surface area is 176 Å². The minimum Gasteiger partial charge on any atom is -0.478 e. The van der Waals surface area contributed by atoms with Gasteiger partial charge in [0, 0.05) is 19.2 Å². The van der Waals surface area contributed by atoms with Crippen LogP contribution in [0.5, 0.6) is 0 Å². The zero-order valence-corrected chi connectivity index (χ0v) is 16.7. The lowest BCUT2D eigenvalue weighted by Crippen LogP contribution is -2.53. The first-order valence-electron chi connectivity index (χ1n) is 10.2. The number of likely N-dealkylation sites (tertiary alicyclic amines) is 1. The van der Waals surface area contributed by atoms with Crippen LogP contribution in [0.25, 0.3) is 0 Å². The van der Waals surface area contributed by atoms with E-state index in [0.717, 1.165) is 22.8 Å². The Morgan fingerprint density at radius 3 is 1.67 bits per heavy atom. The van der Waals surface area contributed by atoms with Crippen LogP contribution in [0, 0.1) is 0 Å². The van der Waals surface area contributed by atoms with Crippen molar-refractivity contribution in [3.05, 3.63) is 119 Å². The lowest BCUT2D eigenvalue weighted by molar-refractivity contribution is -0.131. The highest BCUT2D eigenvalue weighted by molar-refractivity contribution is 5.81. The number of hydrogen-bond donors (Lipinski definition) is 2. The summed E-state index contributed by atoms with van der Waals surface area (Å²) in [5, 5.41) is 19.8. The van der Waals surface area contributed by atoms with Gasteiger partial charge in [-0.25, -0.2) is 4.79 Å². The van der Waals surface area contributed by atoms with Crippen molar-refractivity contribution >= 4 is 5.97 Å². The number of nitrogens with zero attached hydrogens (tertiary/aromatic N) is 1. The van der Waals surface area contributed by atoms with E-state index in [0.29, 0.717) is 25.1 Å². The average molecular weight is 399 g/mol. The van der Waals surface area contributed by atoms with E-state index in [1.807, 2.05) is 54.6 Å². The molecule has 1 atom stereocenters. The summed E-state index contributed by atoms with van der Waals surface area (Å²) in [4.78, 5) is 13.7. The van der Waals surface area contributed by atoms with E-state index >= 15 is 0 Å². The zero-order valence-electron chi connectivity index (χ0n) is 16.7. The van der Waals surface area contributed by atoms with E-state index in [9.17, 15) is 15.0 Å². The molecule has 0 aliphatic carbocycles. The van der Waals surface area contributed by atoms with Gasteiger partial charge in [0.05, 0.1) is 11.6 Å².